The quantitative estimate of drug-likeness (QED) is 0.564. The summed E-state index contributed by atoms with van der Waals surface area (Å²) in [5.74, 6) is 1.71. The number of fused-ring (bicyclic) bond motifs is 1. The number of nitrogens with one attached hydrogen (secondary N) is 1. The Kier molecular flexibility index (Phi) is 6.18. The van der Waals surface area contributed by atoms with Crippen molar-refractivity contribution in [3.05, 3.63) is 72.3 Å². The van der Waals surface area contributed by atoms with E-state index in [1.54, 1.807) is 43.4 Å². The van der Waals surface area contributed by atoms with Crippen LogP contribution in [0.25, 0.3) is 0 Å². The molecule has 2 amide bonds. The molecular formula is C27H26N2O6. The number of amides is 2. The molecule has 0 unspecified atom stereocenters. The normalized spacial score (nSPS) is 18.8. The lowest BCUT2D eigenvalue weighted by Gasteiger charge is -2.41. The van der Waals surface area contributed by atoms with Gasteiger partial charge in [0.2, 0.25) is 18.6 Å². The summed E-state index contributed by atoms with van der Waals surface area (Å²) in [6, 6.07) is 19.6. The van der Waals surface area contributed by atoms with Crippen molar-refractivity contribution in [1.82, 2.24) is 0 Å². The number of carbonyl (C=O) groups excluding carboxylic acids is 2. The Morgan fingerprint density at radius 1 is 0.971 bits per heavy atom. The molecule has 2 atom stereocenters. The Morgan fingerprint density at radius 3 is 2.51 bits per heavy atom. The number of nitrogens with zero attached hydrogens (tertiary/aromatic N) is 1. The molecule has 8 nitrogen and oxygen atoms in total. The molecule has 0 bridgehead atoms. The number of benzene rings is 3. The summed E-state index contributed by atoms with van der Waals surface area (Å²) in [6.07, 6.45) is 0.655. The number of para-hydroxylation sites is 2. The molecule has 1 saturated heterocycles. The van der Waals surface area contributed by atoms with Gasteiger partial charge in [-0.15, -0.1) is 0 Å². The molecule has 3 aromatic rings. The van der Waals surface area contributed by atoms with Crippen LogP contribution < -0.4 is 29.2 Å². The van der Waals surface area contributed by atoms with Gasteiger partial charge in [-0.3, -0.25) is 9.59 Å². The number of carbonyl (C=O) groups is 2. The fourth-order valence-corrected chi connectivity index (χ4v) is 4.66. The molecule has 3 aromatic carbocycles. The van der Waals surface area contributed by atoms with Crippen LogP contribution in [0.3, 0.4) is 0 Å². The van der Waals surface area contributed by atoms with Crippen molar-refractivity contribution in [2.75, 3.05) is 31.2 Å². The number of hydrogen-bond donors (Lipinski definition) is 1. The second-order valence-electron chi connectivity index (χ2n) is 8.35. The number of hydrogen-bond acceptors (Lipinski definition) is 6. The van der Waals surface area contributed by atoms with E-state index >= 15 is 0 Å². The Morgan fingerprint density at radius 2 is 1.74 bits per heavy atom. The van der Waals surface area contributed by atoms with Crippen LogP contribution in [-0.4, -0.2) is 32.8 Å². The van der Waals surface area contributed by atoms with E-state index in [0.717, 1.165) is 5.56 Å². The second kappa shape index (κ2) is 9.58. The molecule has 5 rings (SSSR count). The van der Waals surface area contributed by atoms with Crippen LogP contribution in [0, 0.1) is 5.92 Å². The van der Waals surface area contributed by atoms with Crippen LogP contribution in [0.5, 0.6) is 23.0 Å². The summed E-state index contributed by atoms with van der Waals surface area (Å²) in [7, 11) is 3.16. The minimum absolute atomic E-state index is 0.0639. The van der Waals surface area contributed by atoms with E-state index in [0.29, 0.717) is 40.8 Å². The van der Waals surface area contributed by atoms with Gasteiger partial charge in [-0.1, -0.05) is 24.3 Å². The topological polar surface area (TPSA) is 86.3 Å². The highest BCUT2D eigenvalue weighted by atomic mass is 16.7. The van der Waals surface area contributed by atoms with Crippen molar-refractivity contribution < 1.29 is 28.5 Å². The first-order valence-electron chi connectivity index (χ1n) is 11.4. The van der Waals surface area contributed by atoms with Gasteiger partial charge >= 0.3 is 0 Å². The molecule has 1 fully saturated rings. The summed E-state index contributed by atoms with van der Waals surface area (Å²) in [4.78, 5) is 28.6. The lowest BCUT2D eigenvalue weighted by atomic mass is 9.83. The van der Waals surface area contributed by atoms with Crippen molar-refractivity contribution in [2.24, 2.45) is 5.92 Å². The smallest absolute Gasteiger partial charge is 0.231 e. The van der Waals surface area contributed by atoms with Crippen molar-refractivity contribution in [3.63, 3.8) is 0 Å². The summed E-state index contributed by atoms with van der Waals surface area (Å²) in [6.45, 7) is 0.137. The third kappa shape index (κ3) is 4.35. The zero-order valence-electron chi connectivity index (χ0n) is 19.5. The highest BCUT2D eigenvalue weighted by Gasteiger charge is 2.42. The van der Waals surface area contributed by atoms with Gasteiger partial charge < -0.3 is 29.2 Å². The minimum Gasteiger partial charge on any atom is -0.497 e. The van der Waals surface area contributed by atoms with Crippen molar-refractivity contribution >= 4 is 23.2 Å². The summed E-state index contributed by atoms with van der Waals surface area (Å²) in [5.41, 5.74) is 2.06. The van der Waals surface area contributed by atoms with Gasteiger partial charge in [0.05, 0.1) is 31.9 Å². The third-order valence-electron chi connectivity index (χ3n) is 6.39. The number of ether oxygens (including phenoxy) is 4. The predicted octanol–water partition coefficient (Wildman–Crippen LogP) is 4.56. The lowest BCUT2D eigenvalue weighted by Crippen LogP contribution is -2.47. The van der Waals surface area contributed by atoms with Gasteiger partial charge in [-0.05, 0) is 48.4 Å². The lowest BCUT2D eigenvalue weighted by molar-refractivity contribution is -0.125. The van der Waals surface area contributed by atoms with Crippen LogP contribution in [0.1, 0.15) is 24.4 Å². The average Bonchev–Trinajstić information content (AvgIpc) is 3.37. The first kappa shape index (κ1) is 22.6. The Balaban J connectivity index is 1.54. The molecule has 0 saturated carbocycles. The molecule has 1 N–H and O–H groups in total. The zero-order chi connectivity index (χ0) is 24.4. The fraction of sp³-hybridized carbons (Fsp3) is 0.259. The average molecular weight is 475 g/mol. The van der Waals surface area contributed by atoms with Crippen molar-refractivity contribution in [1.29, 1.82) is 0 Å². The first-order valence-corrected chi connectivity index (χ1v) is 11.4. The van der Waals surface area contributed by atoms with E-state index < -0.39 is 12.0 Å². The van der Waals surface area contributed by atoms with Crippen molar-refractivity contribution in [3.8, 4) is 23.0 Å². The third-order valence-corrected chi connectivity index (χ3v) is 6.39. The minimum atomic E-state index is -0.530. The van der Waals surface area contributed by atoms with E-state index in [4.69, 9.17) is 18.9 Å². The monoisotopic (exact) mass is 474 g/mol. The molecule has 2 heterocycles. The van der Waals surface area contributed by atoms with Gasteiger partial charge in [0.1, 0.15) is 11.5 Å². The van der Waals surface area contributed by atoms with Crippen LogP contribution in [-0.2, 0) is 9.59 Å². The maximum atomic E-state index is 13.6. The maximum Gasteiger partial charge on any atom is 0.231 e. The van der Waals surface area contributed by atoms with Crippen LogP contribution in [0.4, 0.5) is 11.4 Å². The highest BCUT2D eigenvalue weighted by Crippen LogP contribution is 2.44. The van der Waals surface area contributed by atoms with E-state index in [1.807, 2.05) is 42.5 Å². The van der Waals surface area contributed by atoms with E-state index in [-0.39, 0.29) is 25.0 Å². The number of rotatable bonds is 6. The molecule has 2 aliphatic heterocycles. The Bertz CT molecular complexity index is 1240. The van der Waals surface area contributed by atoms with E-state index in [9.17, 15) is 9.59 Å². The molecule has 0 radical (unpaired) electrons. The number of anilines is 2. The maximum absolute atomic E-state index is 13.6. The van der Waals surface area contributed by atoms with Gasteiger partial charge in [0.15, 0.2) is 11.5 Å². The largest absolute Gasteiger partial charge is 0.497 e. The van der Waals surface area contributed by atoms with Crippen LogP contribution in [0.2, 0.25) is 0 Å². The number of piperidine rings is 1. The summed E-state index contributed by atoms with van der Waals surface area (Å²) in [5, 5.41) is 3.01. The van der Waals surface area contributed by atoms with Crippen LogP contribution >= 0.6 is 0 Å². The van der Waals surface area contributed by atoms with Gasteiger partial charge in [0.25, 0.3) is 0 Å². The standard InChI is InChI=1S/C27H26N2O6/c1-32-19-10-7-17(8-11-19)26-20(27(31)28-21-5-3-4-6-22(21)33-2)12-14-25(30)29(26)18-9-13-23-24(15-18)35-16-34-23/h3-11,13,15,20,26H,12,14,16H2,1-2H3,(H,28,31)/t20-,26-/m0/s1. The molecular weight excluding hydrogens is 448 g/mol. The molecule has 0 spiro atoms. The van der Waals surface area contributed by atoms with Crippen molar-refractivity contribution in [2.45, 2.75) is 18.9 Å². The highest BCUT2D eigenvalue weighted by molar-refractivity contribution is 6.01. The Labute approximate surface area is 203 Å². The molecule has 2 aliphatic rings. The summed E-state index contributed by atoms with van der Waals surface area (Å²) >= 11 is 0. The van der Waals surface area contributed by atoms with Gasteiger partial charge in [-0.25, -0.2) is 0 Å². The van der Waals surface area contributed by atoms with E-state index in [1.165, 1.54) is 0 Å². The van der Waals surface area contributed by atoms with Gasteiger partial charge in [-0.2, -0.15) is 0 Å². The Hall–Kier alpha value is -4.20. The predicted molar refractivity (Wildman–Crippen MR) is 130 cm³/mol. The first-order chi connectivity index (χ1) is 17.1. The molecule has 0 aromatic heterocycles. The van der Waals surface area contributed by atoms with Crippen LogP contribution in [0.15, 0.2) is 66.7 Å². The van der Waals surface area contributed by atoms with E-state index in [2.05, 4.69) is 5.32 Å². The molecule has 8 heteroatoms. The fourth-order valence-electron chi connectivity index (χ4n) is 4.66. The SMILES string of the molecule is COc1ccc([C@H]2[C@@H](C(=O)Nc3ccccc3OC)CCC(=O)N2c2ccc3c(c2)OCO3)cc1. The molecule has 35 heavy (non-hydrogen) atoms. The molecule has 0 aliphatic carbocycles. The zero-order valence-corrected chi connectivity index (χ0v) is 19.5. The number of methoxy groups -OCH3 is 2. The van der Waals surface area contributed by atoms with Gasteiger partial charge in [0, 0.05) is 18.2 Å². The summed E-state index contributed by atoms with van der Waals surface area (Å²) < 4.78 is 21.7. The second-order valence-corrected chi connectivity index (χ2v) is 8.35. The molecule has 180 valence electrons.